The molecule has 0 fully saturated rings. The zero-order valence-electron chi connectivity index (χ0n) is 17.9. The quantitative estimate of drug-likeness (QED) is 0.202. The van der Waals surface area contributed by atoms with Gasteiger partial charge in [0.05, 0.1) is 22.7 Å². The van der Waals surface area contributed by atoms with E-state index in [4.69, 9.17) is 0 Å². The lowest BCUT2D eigenvalue weighted by Crippen LogP contribution is -1.82. The summed E-state index contributed by atoms with van der Waals surface area (Å²) in [4.78, 5) is 8.67. The summed E-state index contributed by atoms with van der Waals surface area (Å²) in [6, 6.07) is 26.1. The van der Waals surface area contributed by atoms with Crippen LogP contribution in [0.3, 0.4) is 0 Å². The lowest BCUT2D eigenvalue weighted by molar-refractivity contribution is 0.474. The first-order valence-corrected chi connectivity index (χ1v) is 11.3. The Labute approximate surface area is 199 Å². The molecule has 0 aliphatic rings. The SMILES string of the molecule is Oc1ccccc1/C=N/c1ccc(/N=N/c2ccc(/N=N/c3nccs3)cc2)c2ccccc12. The van der Waals surface area contributed by atoms with E-state index in [1.165, 1.54) is 11.3 Å². The molecule has 0 bridgehead atoms. The molecule has 5 rings (SSSR count). The maximum atomic E-state index is 9.98. The van der Waals surface area contributed by atoms with E-state index >= 15 is 0 Å². The van der Waals surface area contributed by atoms with Gasteiger partial charge in [0.2, 0.25) is 5.13 Å². The Balaban J connectivity index is 1.38. The summed E-state index contributed by atoms with van der Waals surface area (Å²) in [5, 5.41) is 31.5. The summed E-state index contributed by atoms with van der Waals surface area (Å²) in [5.74, 6) is 0.191. The maximum Gasteiger partial charge on any atom is 0.229 e. The van der Waals surface area contributed by atoms with Crippen LogP contribution in [0.2, 0.25) is 0 Å². The largest absolute Gasteiger partial charge is 0.507 e. The summed E-state index contributed by atoms with van der Waals surface area (Å²) in [5.41, 5.74) is 3.60. The van der Waals surface area contributed by atoms with Crippen LogP contribution in [0.5, 0.6) is 5.75 Å². The fourth-order valence-electron chi connectivity index (χ4n) is 3.27. The number of benzene rings is 4. The van der Waals surface area contributed by atoms with Gasteiger partial charge in [-0.1, -0.05) is 36.4 Å². The number of azo groups is 2. The van der Waals surface area contributed by atoms with Crippen molar-refractivity contribution in [3.8, 4) is 5.75 Å². The van der Waals surface area contributed by atoms with Gasteiger partial charge >= 0.3 is 0 Å². The molecule has 5 aromatic rings. The number of phenols is 1. The molecule has 4 aromatic carbocycles. The summed E-state index contributed by atoms with van der Waals surface area (Å²) < 4.78 is 0. The van der Waals surface area contributed by atoms with Crippen molar-refractivity contribution in [1.29, 1.82) is 0 Å². The van der Waals surface area contributed by atoms with E-state index in [2.05, 4.69) is 30.4 Å². The van der Waals surface area contributed by atoms with Crippen molar-refractivity contribution in [3.63, 3.8) is 0 Å². The average Bonchev–Trinajstić information content (AvgIpc) is 3.40. The fourth-order valence-corrected chi connectivity index (χ4v) is 3.72. The highest BCUT2D eigenvalue weighted by Gasteiger charge is 2.05. The Morgan fingerprint density at radius 2 is 1.32 bits per heavy atom. The zero-order chi connectivity index (χ0) is 23.2. The number of rotatable bonds is 6. The Morgan fingerprint density at radius 1 is 0.676 bits per heavy atom. The number of fused-ring (bicyclic) bond motifs is 1. The molecule has 1 aromatic heterocycles. The Kier molecular flexibility index (Phi) is 6.22. The van der Waals surface area contributed by atoms with Crippen LogP contribution in [-0.4, -0.2) is 16.3 Å². The second-order valence-electron chi connectivity index (χ2n) is 7.20. The minimum atomic E-state index is 0.191. The van der Waals surface area contributed by atoms with E-state index in [9.17, 15) is 5.11 Å². The van der Waals surface area contributed by atoms with Crippen molar-refractivity contribution in [2.24, 2.45) is 25.4 Å². The number of aromatic nitrogens is 1. The van der Waals surface area contributed by atoms with Crippen LogP contribution in [0.1, 0.15) is 5.56 Å². The average molecular weight is 463 g/mol. The minimum absolute atomic E-state index is 0.191. The van der Waals surface area contributed by atoms with Crippen LogP contribution in [0.15, 0.2) is 122 Å². The van der Waals surface area contributed by atoms with Gasteiger partial charge < -0.3 is 5.11 Å². The molecule has 1 heterocycles. The first-order valence-electron chi connectivity index (χ1n) is 10.4. The van der Waals surface area contributed by atoms with Gasteiger partial charge in [0.25, 0.3) is 0 Å². The van der Waals surface area contributed by atoms with Crippen LogP contribution >= 0.6 is 11.3 Å². The minimum Gasteiger partial charge on any atom is -0.507 e. The van der Waals surface area contributed by atoms with E-state index in [-0.39, 0.29) is 5.75 Å². The molecule has 8 heteroatoms. The van der Waals surface area contributed by atoms with Crippen molar-refractivity contribution in [1.82, 2.24) is 4.98 Å². The second-order valence-corrected chi connectivity index (χ2v) is 8.07. The summed E-state index contributed by atoms with van der Waals surface area (Å²) in [7, 11) is 0. The third-order valence-electron chi connectivity index (χ3n) is 4.95. The molecule has 34 heavy (non-hydrogen) atoms. The van der Waals surface area contributed by atoms with Crippen LogP contribution < -0.4 is 0 Å². The van der Waals surface area contributed by atoms with E-state index in [1.54, 1.807) is 24.5 Å². The lowest BCUT2D eigenvalue weighted by atomic mass is 10.1. The normalized spacial score (nSPS) is 11.9. The molecule has 0 unspecified atom stereocenters. The van der Waals surface area contributed by atoms with E-state index in [0.717, 1.165) is 22.1 Å². The van der Waals surface area contributed by atoms with Gasteiger partial charge in [0, 0.05) is 34.1 Å². The fraction of sp³-hybridized carbons (Fsp3) is 0. The second kappa shape index (κ2) is 9.93. The van der Waals surface area contributed by atoms with Gasteiger partial charge in [0.1, 0.15) is 5.75 Å². The molecule has 0 saturated heterocycles. The first kappa shape index (κ1) is 21.3. The number of aliphatic imine (C=N–C) groups is 1. The van der Waals surface area contributed by atoms with Crippen LogP contribution in [0.4, 0.5) is 27.9 Å². The molecule has 0 radical (unpaired) electrons. The predicted octanol–water partition coefficient (Wildman–Crippen LogP) is 8.58. The van der Waals surface area contributed by atoms with Gasteiger partial charge in [-0.2, -0.15) is 5.11 Å². The third kappa shape index (κ3) is 4.92. The molecule has 0 aliphatic carbocycles. The number of hydrogen-bond donors (Lipinski definition) is 1. The topological polar surface area (TPSA) is 94.9 Å². The molecule has 7 nitrogen and oxygen atoms in total. The first-order chi connectivity index (χ1) is 16.8. The van der Waals surface area contributed by atoms with Crippen LogP contribution in [0, 0.1) is 0 Å². The van der Waals surface area contributed by atoms with Crippen molar-refractivity contribution in [2.45, 2.75) is 0 Å². The smallest absolute Gasteiger partial charge is 0.229 e. The van der Waals surface area contributed by atoms with E-state index in [1.807, 2.05) is 78.2 Å². The standard InChI is InChI=1S/C26H18N6OS/c33-25-8-4-1-5-18(25)17-28-23-13-14-24(22-7-3-2-6-21(22)23)31-29-19-9-11-20(12-10-19)30-32-26-27-15-16-34-26/h1-17,33H/b28-17+,31-29+,32-30+. The molecular formula is C26H18N6OS. The van der Waals surface area contributed by atoms with Gasteiger partial charge in [-0.3, -0.25) is 4.99 Å². The predicted molar refractivity (Wildman–Crippen MR) is 136 cm³/mol. The molecule has 164 valence electrons. The number of aromatic hydroxyl groups is 1. The third-order valence-corrected chi connectivity index (χ3v) is 5.61. The van der Waals surface area contributed by atoms with Crippen molar-refractivity contribution < 1.29 is 5.11 Å². The van der Waals surface area contributed by atoms with Crippen LogP contribution in [-0.2, 0) is 0 Å². The highest BCUT2D eigenvalue weighted by molar-refractivity contribution is 7.13. The van der Waals surface area contributed by atoms with Crippen LogP contribution in [0.25, 0.3) is 10.8 Å². The number of para-hydroxylation sites is 1. The lowest BCUT2D eigenvalue weighted by Gasteiger charge is -2.05. The summed E-state index contributed by atoms with van der Waals surface area (Å²) in [6.45, 7) is 0. The Hall–Kier alpha value is -4.56. The molecule has 0 amide bonds. The Bertz CT molecular complexity index is 1510. The van der Waals surface area contributed by atoms with E-state index in [0.29, 0.717) is 22.1 Å². The number of phenolic OH excluding ortho intramolecular Hbond substituents is 1. The van der Waals surface area contributed by atoms with Crippen molar-refractivity contribution in [3.05, 3.63) is 102 Å². The van der Waals surface area contributed by atoms with Gasteiger partial charge in [-0.15, -0.1) is 26.7 Å². The molecule has 0 aliphatic heterocycles. The molecule has 1 N–H and O–H groups in total. The highest BCUT2D eigenvalue weighted by atomic mass is 32.1. The van der Waals surface area contributed by atoms with Crippen molar-refractivity contribution >= 4 is 56.2 Å². The van der Waals surface area contributed by atoms with Gasteiger partial charge in [0.15, 0.2) is 0 Å². The van der Waals surface area contributed by atoms with Gasteiger partial charge in [-0.05, 0) is 48.5 Å². The number of hydrogen-bond acceptors (Lipinski definition) is 8. The highest BCUT2D eigenvalue weighted by Crippen LogP contribution is 2.34. The maximum absolute atomic E-state index is 9.98. The molecule has 0 spiro atoms. The summed E-state index contributed by atoms with van der Waals surface area (Å²) in [6.07, 6.45) is 3.35. The molecular weight excluding hydrogens is 444 g/mol. The number of thiazole rings is 1. The summed E-state index contributed by atoms with van der Waals surface area (Å²) >= 11 is 1.43. The molecule has 0 atom stereocenters. The monoisotopic (exact) mass is 462 g/mol. The Morgan fingerprint density at radius 3 is 2.03 bits per heavy atom. The van der Waals surface area contributed by atoms with Gasteiger partial charge in [-0.25, -0.2) is 4.98 Å². The van der Waals surface area contributed by atoms with E-state index < -0.39 is 0 Å². The zero-order valence-corrected chi connectivity index (χ0v) is 18.7. The van der Waals surface area contributed by atoms with Crippen molar-refractivity contribution in [2.75, 3.05) is 0 Å². The number of nitrogens with zero attached hydrogens (tertiary/aromatic N) is 6. The molecule has 0 saturated carbocycles.